The Kier molecular flexibility index (Phi) is 4.37. The molecule has 2 N–H and O–H groups in total. The smallest absolute Gasteiger partial charge is 0.180 e. The zero-order chi connectivity index (χ0) is 13.0. The van der Waals surface area contributed by atoms with E-state index in [1.807, 2.05) is 6.07 Å². The van der Waals surface area contributed by atoms with Gasteiger partial charge < -0.3 is 10.5 Å². The number of hydrogen-bond donors (Lipinski definition) is 1. The highest BCUT2D eigenvalue weighted by Crippen LogP contribution is 2.28. The first-order chi connectivity index (χ1) is 8.62. The summed E-state index contributed by atoms with van der Waals surface area (Å²) in [5, 5.41) is 0. The van der Waals surface area contributed by atoms with Crippen molar-refractivity contribution >= 4 is 9.84 Å². The Balaban J connectivity index is 1.91. The second-order valence-corrected chi connectivity index (χ2v) is 6.80. The summed E-state index contributed by atoms with van der Waals surface area (Å²) >= 11 is 0. The van der Waals surface area contributed by atoms with Crippen molar-refractivity contribution in [3.63, 3.8) is 0 Å². The van der Waals surface area contributed by atoms with E-state index in [0.29, 0.717) is 24.0 Å². The fourth-order valence-corrected chi connectivity index (χ4v) is 2.88. The Labute approximate surface area is 108 Å². The van der Waals surface area contributed by atoms with Crippen LogP contribution in [0.25, 0.3) is 0 Å². The molecule has 4 nitrogen and oxygen atoms in total. The van der Waals surface area contributed by atoms with Crippen molar-refractivity contribution in [2.75, 3.05) is 19.0 Å². The van der Waals surface area contributed by atoms with E-state index in [4.69, 9.17) is 10.5 Å². The van der Waals surface area contributed by atoms with E-state index < -0.39 is 9.84 Å². The lowest BCUT2D eigenvalue weighted by Gasteiger charge is -2.06. The molecule has 18 heavy (non-hydrogen) atoms. The molecule has 1 aliphatic carbocycles. The third-order valence-electron chi connectivity index (χ3n) is 3.04. The van der Waals surface area contributed by atoms with E-state index in [9.17, 15) is 8.42 Å². The Bertz CT molecular complexity index is 495. The summed E-state index contributed by atoms with van der Waals surface area (Å²) in [6.07, 6.45) is 2.43. The molecule has 1 aromatic carbocycles. The van der Waals surface area contributed by atoms with Crippen molar-refractivity contribution in [1.29, 1.82) is 0 Å². The number of hydrogen-bond acceptors (Lipinski definition) is 4. The number of ether oxygens (including phenoxy) is 1. The number of benzene rings is 1. The largest absolute Gasteiger partial charge is 0.380 e. The molecule has 0 bridgehead atoms. The van der Waals surface area contributed by atoms with Crippen molar-refractivity contribution in [2.24, 2.45) is 11.7 Å². The minimum absolute atomic E-state index is 0.0355. The molecule has 0 unspecified atom stereocenters. The minimum atomic E-state index is -3.25. The molecule has 5 heteroatoms. The zero-order valence-corrected chi connectivity index (χ0v) is 11.2. The van der Waals surface area contributed by atoms with E-state index >= 15 is 0 Å². The summed E-state index contributed by atoms with van der Waals surface area (Å²) in [5.74, 6) is 0.696. The van der Waals surface area contributed by atoms with Crippen molar-refractivity contribution in [1.82, 2.24) is 0 Å². The van der Waals surface area contributed by atoms with Gasteiger partial charge in [0.1, 0.15) is 0 Å². The fraction of sp³-hybridized carbons (Fsp3) is 0.538. The molecule has 0 aromatic heterocycles. The van der Waals surface area contributed by atoms with Gasteiger partial charge in [-0.15, -0.1) is 0 Å². The lowest BCUT2D eigenvalue weighted by molar-refractivity contribution is 0.138. The van der Waals surface area contributed by atoms with Crippen molar-refractivity contribution in [2.45, 2.75) is 24.3 Å². The topological polar surface area (TPSA) is 69.4 Å². The second-order valence-electron chi connectivity index (χ2n) is 4.69. The van der Waals surface area contributed by atoms with Gasteiger partial charge in [-0.2, -0.15) is 0 Å². The second kappa shape index (κ2) is 5.82. The predicted octanol–water partition coefficient (Wildman–Crippen LogP) is 1.35. The molecular weight excluding hydrogens is 250 g/mol. The molecule has 0 amide bonds. The molecule has 1 saturated carbocycles. The Morgan fingerprint density at radius 1 is 1.33 bits per heavy atom. The van der Waals surface area contributed by atoms with Crippen LogP contribution < -0.4 is 5.73 Å². The lowest BCUT2D eigenvalue weighted by Crippen LogP contribution is -2.14. The molecule has 0 atom stereocenters. The lowest BCUT2D eigenvalue weighted by atomic mass is 10.2. The summed E-state index contributed by atoms with van der Waals surface area (Å²) in [4.78, 5) is 0.334. The van der Waals surface area contributed by atoms with Crippen LogP contribution in [0.3, 0.4) is 0 Å². The zero-order valence-electron chi connectivity index (χ0n) is 10.3. The first kappa shape index (κ1) is 13.5. The summed E-state index contributed by atoms with van der Waals surface area (Å²) in [6.45, 7) is 1.31. The van der Waals surface area contributed by atoms with Gasteiger partial charge in [-0.05, 0) is 36.5 Å². The van der Waals surface area contributed by atoms with Crippen LogP contribution in [0.2, 0.25) is 0 Å². The molecule has 1 fully saturated rings. The third kappa shape index (κ3) is 3.80. The van der Waals surface area contributed by atoms with Crippen LogP contribution in [-0.2, 0) is 21.1 Å². The molecule has 2 rings (SSSR count). The average molecular weight is 269 g/mol. The normalized spacial score (nSPS) is 15.8. The number of rotatable bonds is 7. The molecule has 0 heterocycles. The monoisotopic (exact) mass is 269 g/mol. The van der Waals surface area contributed by atoms with Gasteiger partial charge >= 0.3 is 0 Å². The maximum atomic E-state index is 12.0. The van der Waals surface area contributed by atoms with Crippen LogP contribution >= 0.6 is 0 Å². The summed E-state index contributed by atoms with van der Waals surface area (Å²) in [7, 11) is -3.25. The van der Waals surface area contributed by atoms with Gasteiger partial charge in [0, 0.05) is 13.2 Å². The van der Waals surface area contributed by atoms with Gasteiger partial charge in [0.05, 0.1) is 17.3 Å². The van der Waals surface area contributed by atoms with Crippen LogP contribution in [0, 0.1) is 5.92 Å². The van der Waals surface area contributed by atoms with E-state index in [1.54, 1.807) is 18.2 Å². The quantitative estimate of drug-likeness (QED) is 0.759. The first-order valence-electron chi connectivity index (χ1n) is 6.21. The van der Waals surface area contributed by atoms with E-state index in [2.05, 4.69) is 0 Å². The highest BCUT2D eigenvalue weighted by Gasteiger charge is 2.21. The molecule has 0 radical (unpaired) electrons. The van der Waals surface area contributed by atoms with Gasteiger partial charge in [0.15, 0.2) is 9.84 Å². The standard InChI is InChI=1S/C13H19NO3S/c14-9-12-2-1-3-13(8-12)18(15,16)7-6-17-10-11-4-5-11/h1-3,8,11H,4-7,9-10,14H2. The average Bonchev–Trinajstić information content (AvgIpc) is 3.19. The van der Waals surface area contributed by atoms with Gasteiger partial charge in [-0.1, -0.05) is 12.1 Å². The van der Waals surface area contributed by atoms with Crippen molar-refractivity contribution in [3.05, 3.63) is 29.8 Å². The highest BCUT2D eigenvalue weighted by molar-refractivity contribution is 7.91. The number of nitrogens with two attached hydrogens (primary N) is 1. The van der Waals surface area contributed by atoms with Crippen LogP contribution in [0.5, 0.6) is 0 Å². The Morgan fingerprint density at radius 2 is 2.11 bits per heavy atom. The molecule has 0 spiro atoms. The van der Waals surface area contributed by atoms with E-state index in [-0.39, 0.29) is 12.4 Å². The van der Waals surface area contributed by atoms with E-state index in [0.717, 1.165) is 5.56 Å². The van der Waals surface area contributed by atoms with Crippen LogP contribution in [0.1, 0.15) is 18.4 Å². The first-order valence-corrected chi connectivity index (χ1v) is 7.86. The molecule has 1 aliphatic rings. The van der Waals surface area contributed by atoms with Gasteiger partial charge in [0.2, 0.25) is 0 Å². The van der Waals surface area contributed by atoms with Crippen LogP contribution in [0.15, 0.2) is 29.2 Å². The SMILES string of the molecule is NCc1cccc(S(=O)(=O)CCOCC2CC2)c1. The summed E-state index contributed by atoms with van der Waals surface area (Å²) < 4.78 is 29.4. The summed E-state index contributed by atoms with van der Waals surface area (Å²) in [5.41, 5.74) is 6.33. The van der Waals surface area contributed by atoms with Crippen LogP contribution in [0.4, 0.5) is 0 Å². The van der Waals surface area contributed by atoms with Crippen molar-refractivity contribution in [3.8, 4) is 0 Å². The highest BCUT2D eigenvalue weighted by atomic mass is 32.2. The third-order valence-corrected chi connectivity index (χ3v) is 4.72. The molecule has 100 valence electrons. The number of sulfone groups is 1. The van der Waals surface area contributed by atoms with Gasteiger partial charge in [-0.25, -0.2) is 8.42 Å². The molecular formula is C13H19NO3S. The molecule has 0 saturated heterocycles. The van der Waals surface area contributed by atoms with Crippen LogP contribution in [-0.4, -0.2) is 27.4 Å². The Morgan fingerprint density at radius 3 is 2.78 bits per heavy atom. The Hall–Kier alpha value is -0.910. The van der Waals surface area contributed by atoms with E-state index in [1.165, 1.54) is 12.8 Å². The minimum Gasteiger partial charge on any atom is -0.380 e. The molecule has 0 aliphatic heterocycles. The maximum Gasteiger partial charge on any atom is 0.180 e. The maximum absolute atomic E-state index is 12.0. The predicted molar refractivity (Wildman–Crippen MR) is 69.9 cm³/mol. The summed E-state index contributed by atoms with van der Waals surface area (Å²) in [6, 6.07) is 6.79. The molecule has 1 aromatic rings. The van der Waals surface area contributed by atoms with Gasteiger partial charge in [0.25, 0.3) is 0 Å². The fourth-order valence-electron chi connectivity index (χ4n) is 1.69. The van der Waals surface area contributed by atoms with Crippen molar-refractivity contribution < 1.29 is 13.2 Å². The van der Waals surface area contributed by atoms with Gasteiger partial charge in [-0.3, -0.25) is 0 Å².